The predicted molar refractivity (Wildman–Crippen MR) is 96.1 cm³/mol. The maximum atomic E-state index is 12.1. The zero-order valence-corrected chi connectivity index (χ0v) is 15.9. The van der Waals surface area contributed by atoms with Crippen molar-refractivity contribution >= 4 is 37.8 Å². The Labute approximate surface area is 148 Å². The normalized spacial score (nSPS) is 15.9. The summed E-state index contributed by atoms with van der Waals surface area (Å²) in [7, 11) is 0. The summed E-state index contributed by atoms with van der Waals surface area (Å²) in [6.07, 6.45) is 7.67. The second-order valence-corrected chi connectivity index (χ2v) is 7.25. The van der Waals surface area contributed by atoms with E-state index in [-0.39, 0.29) is 5.91 Å². The molecule has 0 unspecified atom stereocenters. The molecule has 1 aromatic carbocycles. The summed E-state index contributed by atoms with van der Waals surface area (Å²) in [5.74, 6) is 0.590. The van der Waals surface area contributed by atoms with Crippen LogP contribution in [0.4, 0.5) is 0 Å². The number of allylic oxidation sites excluding steroid dienone is 1. The highest BCUT2D eigenvalue weighted by Gasteiger charge is 2.16. The molecule has 0 heterocycles. The molecule has 1 aromatic rings. The van der Waals surface area contributed by atoms with Crippen molar-refractivity contribution in [3.63, 3.8) is 0 Å². The van der Waals surface area contributed by atoms with Gasteiger partial charge in [-0.1, -0.05) is 27.6 Å². The summed E-state index contributed by atoms with van der Waals surface area (Å²) in [5.41, 5.74) is 1.47. The van der Waals surface area contributed by atoms with Gasteiger partial charge in [0.2, 0.25) is 0 Å². The van der Waals surface area contributed by atoms with Crippen molar-refractivity contribution in [3.8, 4) is 5.75 Å². The summed E-state index contributed by atoms with van der Waals surface area (Å²) >= 11 is 6.83. The van der Waals surface area contributed by atoms with Crippen LogP contribution in [0.5, 0.6) is 5.75 Å². The third-order valence-electron chi connectivity index (χ3n) is 3.70. The molecule has 0 spiro atoms. The first-order chi connectivity index (χ1) is 10.6. The fourth-order valence-electron chi connectivity index (χ4n) is 2.44. The van der Waals surface area contributed by atoms with E-state index in [1.54, 1.807) is 6.92 Å². The molecular weight excluding hydrogens is 410 g/mol. The minimum absolute atomic E-state index is 0.0776. The van der Waals surface area contributed by atoms with Crippen molar-refractivity contribution in [3.05, 3.63) is 38.8 Å². The Morgan fingerprint density at radius 1 is 1.36 bits per heavy atom. The van der Waals surface area contributed by atoms with Gasteiger partial charge in [0.1, 0.15) is 5.75 Å². The third kappa shape index (κ3) is 5.43. The van der Waals surface area contributed by atoms with Crippen LogP contribution in [0.15, 0.2) is 38.8 Å². The number of halogens is 2. The molecule has 5 heteroatoms. The van der Waals surface area contributed by atoms with Crippen LogP contribution in [0.1, 0.15) is 39.0 Å². The van der Waals surface area contributed by atoms with Crippen molar-refractivity contribution < 1.29 is 9.53 Å². The van der Waals surface area contributed by atoms with Crippen molar-refractivity contribution in [1.82, 2.24) is 5.32 Å². The van der Waals surface area contributed by atoms with Crippen molar-refractivity contribution in [1.29, 1.82) is 0 Å². The minimum Gasteiger partial charge on any atom is -0.480 e. The van der Waals surface area contributed by atoms with Gasteiger partial charge in [0.15, 0.2) is 6.10 Å². The summed E-state index contributed by atoms with van der Waals surface area (Å²) in [5, 5.41) is 2.95. The molecule has 1 atom stereocenters. The van der Waals surface area contributed by atoms with E-state index in [0.29, 0.717) is 12.3 Å². The lowest BCUT2D eigenvalue weighted by molar-refractivity contribution is -0.127. The Balaban J connectivity index is 1.78. The number of carbonyl (C=O) groups is 1. The number of ether oxygens (including phenoxy) is 1. The van der Waals surface area contributed by atoms with Gasteiger partial charge in [-0.25, -0.2) is 0 Å². The van der Waals surface area contributed by atoms with Gasteiger partial charge in [-0.2, -0.15) is 0 Å². The standard InChI is InChI=1S/C17H21Br2NO2/c1-12(22-16-8-7-14(18)11-15(16)19)17(21)20-10-9-13-5-3-2-4-6-13/h5,7-8,11-12H,2-4,6,9-10H2,1H3,(H,20,21)/t12-/m0/s1. The largest absolute Gasteiger partial charge is 0.480 e. The second kappa shape index (κ2) is 8.73. The number of hydrogen-bond acceptors (Lipinski definition) is 2. The second-order valence-electron chi connectivity index (χ2n) is 5.48. The highest BCUT2D eigenvalue weighted by atomic mass is 79.9. The number of rotatable bonds is 6. The van der Waals surface area contributed by atoms with Crippen LogP contribution in [0.3, 0.4) is 0 Å². The maximum Gasteiger partial charge on any atom is 0.260 e. The first-order valence-corrected chi connectivity index (χ1v) is 9.22. The number of amides is 1. The minimum atomic E-state index is -0.516. The smallest absolute Gasteiger partial charge is 0.260 e. The Bertz CT molecular complexity index is 558. The van der Waals surface area contributed by atoms with Crippen LogP contribution in [-0.4, -0.2) is 18.6 Å². The van der Waals surface area contributed by atoms with Gasteiger partial charge in [0, 0.05) is 11.0 Å². The predicted octanol–water partition coefficient (Wildman–Crippen LogP) is 4.99. The first-order valence-electron chi connectivity index (χ1n) is 7.63. The van der Waals surface area contributed by atoms with Gasteiger partial charge in [0.05, 0.1) is 4.47 Å². The fourth-order valence-corrected chi connectivity index (χ4v) is 3.58. The number of nitrogens with one attached hydrogen (secondary N) is 1. The van der Waals surface area contributed by atoms with Crippen molar-refractivity contribution in [2.75, 3.05) is 6.54 Å². The van der Waals surface area contributed by atoms with Gasteiger partial charge in [0.25, 0.3) is 5.91 Å². The molecule has 1 aliphatic carbocycles. The van der Waals surface area contributed by atoms with E-state index in [4.69, 9.17) is 4.74 Å². The Morgan fingerprint density at radius 3 is 2.86 bits per heavy atom. The van der Waals surface area contributed by atoms with E-state index in [1.165, 1.54) is 31.3 Å². The Kier molecular flexibility index (Phi) is 6.96. The molecule has 1 N–H and O–H groups in total. The van der Waals surface area contributed by atoms with Gasteiger partial charge in [-0.3, -0.25) is 4.79 Å². The van der Waals surface area contributed by atoms with E-state index in [0.717, 1.165) is 15.4 Å². The summed E-state index contributed by atoms with van der Waals surface area (Å²) < 4.78 is 7.50. The molecule has 120 valence electrons. The molecule has 0 bridgehead atoms. The van der Waals surface area contributed by atoms with E-state index < -0.39 is 6.10 Å². The molecule has 0 radical (unpaired) electrons. The van der Waals surface area contributed by atoms with Gasteiger partial charge >= 0.3 is 0 Å². The molecule has 1 amide bonds. The Morgan fingerprint density at radius 2 is 2.18 bits per heavy atom. The van der Waals surface area contributed by atoms with E-state index in [1.807, 2.05) is 18.2 Å². The number of hydrogen-bond donors (Lipinski definition) is 1. The average Bonchev–Trinajstić information content (AvgIpc) is 2.51. The lowest BCUT2D eigenvalue weighted by Gasteiger charge is -2.17. The van der Waals surface area contributed by atoms with Crippen molar-refractivity contribution in [2.45, 2.75) is 45.1 Å². The Hall–Kier alpha value is -0.810. The van der Waals surface area contributed by atoms with Gasteiger partial charge in [-0.05, 0) is 73.2 Å². The van der Waals surface area contributed by atoms with Crippen LogP contribution >= 0.6 is 31.9 Å². The van der Waals surface area contributed by atoms with Crippen LogP contribution in [0.25, 0.3) is 0 Å². The first kappa shape index (κ1) is 17.5. The van der Waals surface area contributed by atoms with Crippen LogP contribution in [0.2, 0.25) is 0 Å². The molecule has 2 rings (SSSR count). The molecular formula is C17H21Br2NO2. The fraction of sp³-hybridized carbons (Fsp3) is 0.471. The molecule has 22 heavy (non-hydrogen) atoms. The highest BCUT2D eigenvalue weighted by Crippen LogP contribution is 2.29. The quantitative estimate of drug-likeness (QED) is 0.645. The number of carbonyl (C=O) groups excluding carboxylic acids is 1. The SMILES string of the molecule is C[C@H](Oc1ccc(Br)cc1Br)C(=O)NCCC1=CCCCC1. The van der Waals surface area contributed by atoms with Gasteiger partial charge < -0.3 is 10.1 Å². The lowest BCUT2D eigenvalue weighted by Crippen LogP contribution is -2.37. The third-order valence-corrected chi connectivity index (χ3v) is 4.81. The monoisotopic (exact) mass is 429 g/mol. The van der Waals surface area contributed by atoms with Crippen molar-refractivity contribution in [2.24, 2.45) is 0 Å². The molecule has 0 saturated carbocycles. The molecule has 0 aliphatic heterocycles. The zero-order valence-electron chi connectivity index (χ0n) is 12.7. The zero-order chi connectivity index (χ0) is 15.9. The molecule has 0 saturated heterocycles. The lowest BCUT2D eigenvalue weighted by atomic mass is 9.97. The van der Waals surface area contributed by atoms with Crippen LogP contribution < -0.4 is 10.1 Å². The molecule has 1 aliphatic rings. The summed E-state index contributed by atoms with van der Waals surface area (Å²) in [6, 6.07) is 5.63. The van der Waals surface area contributed by atoms with E-state index >= 15 is 0 Å². The topological polar surface area (TPSA) is 38.3 Å². The number of benzene rings is 1. The van der Waals surface area contributed by atoms with E-state index in [9.17, 15) is 4.79 Å². The van der Waals surface area contributed by atoms with E-state index in [2.05, 4.69) is 43.3 Å². The maximum absolute atomic E-state index is 12.1. The summed E-state index contributed by atoms with van der Waals surface area (Å²) in [4.78, 5) is 12.1. The molecule has 0 fully saturated rings. The van der Waals surface area contributed by atoms with Crippen LogP contribution in [0, 0.1) is 0 Å². The molecule has 0 aromatic heterocycles. The average molecular weight is 431 g/mol. The highest BCUT2D eigenvalue weighted by molar-refractivity contribution is 9.11. The molecule has 3 nitrogen and oxygen atoms in total. The van der Waals surface area contributed by atoms with Crippen LogP contribution in [-0.2, 0) is 4.79 Å². The van der Waals surface area contributed by atoms with Gasteiger partial charge in [-0.15, -0.1) is 0 Å². The summed E-state index contributed by atoms with van der Waals surface area (Å²) in [6.45, 7) is 2.45.